The highest BCUT2D eigenvalue weighted by Crippen LogP contribution is 2.30. The molecule has 2 heteroatoms. The molecular formula is C10H22NO+. The summed E-state index contributed by atoms with van der Waals surface area (Å²) in [4.78, 5) is 5.90. The van der Waals surface area contributed by atoms with Gasteiger partial charge in [0.15, 0.2) is 0 Å². The van der Waals surface area contributed by atoms with Crippen LogP contribution < -0.4 is 0 Å². The van der Waals surface area contributed by atoms with Gasteiger partial charge >= 0.3 is 0 Å². The van der Waals surface area contributed by atoms with Crippen molar-refractivity contribution in [3.05, 3.63) is 0 Å². The first-order chi connectivity index (χ1) is 5.63. The second kappa shape index (κ2) is 3.75. The van der Waals surface area contributed by atoms with Gasteiger partial charge in [0.1, 0.15) is 25.2 Å². The van der Waals surface area contributed by atoms with Crippen LogP contribution in [-0.4, -0.2) is 29.9 Å². The van der Waals surface area contributed by atoms with Crippen LogP contribution in [0.5, 0.6) is 0 Å². The predicted octanol–water partition coefficient (Wildman–Crippen LogP) is 2.35. The molecule has 1 fully saturated rings. The van der Waals surface area contributed by atoms with Crippen LogP contribution in [0.2, 0.25) is 0 Å². The van der Waals surface area contributed by atoms with Crippen LogP contribution in [0.25, 0.3) is 0 Å². The first kappa shape index (κ1) is 10.0. The summed E-state index contributed by atoms with van der Waals surface area (Å²) in [6.07, 6.45) is 2.64. The van der Waals surface area contributed by atoms with Crippen LogP contribution in [0.15, 0.2) is 0 Å². The first-order valence-corrected chi connectivity index (χ1v) is 5.15. The Balaban J connectivity index is 2.70. The molecule has 0 radical (unpaired) electrons. The number of quaternary nitrogens is 1. The summed E-state index contributed by atoms with van der Waals surface area (Å²) in [6, 6.07) is 1.28. The van der Waals surface area contributed by atoms with Crippen LogP contribution in [0.3, 0.4) is 0 Å². The van der Waals surface area contributed by atoms with E-state index in [2.05, 4.69) is 27.7 Å². The van der Waals surface area contributed by atoms with E-state index in [1.807, 2.05) is 0 Å². The van der Waals surface area contributed by atoms with Gasteiger partial charge in [-0.15, -0.1) is 0 Å². The maximum Gasteiger partial charge on any atom is 0.117 e. The molecule has 0 amide bonds. The summed E-state index contributed by atoms with van der Waals surface area (Å²) in [7, 11) is 0. The highest BCUT2D eigenvalue weighted by atomic mass is 16.7. The summed E-state index contributed by atoms with van der Waals surface area (Å²) in [5.74, 6) is 0. The Kier molecular flexibility index (Phi) is 3.13. The van der Waals surface area contributed by atoms with Crippen molar-refractivity contribution >= 4 is 0 Å². The average molecular weight is 172 g/mol. The zero-order chi connectivity index (χ0) is 9.19. The third kappa shape index (κ3) is 1.50. The van der Waals surface area contributed by atoms with Crippen molar-refractivity contribution in [3.8, 4) is 0 Å². The van der Waals surface area contributed by atoms with E-state index in [1.54, 1.807) is 0 Å². The zero-order valence-electron chi connectivity index (χ0n) is 8.84. The fourth-order valence-electron chi connectivity index (χ4n) is 2.42. The summed E-state index contributed by atoms with van der Waals surface area (Å²) in [6.45, 7) is 11.0. The van der Waals surface area contributed by atoms with Crippen molar-refractivity contribution in [1.29, 1.82) is 0 Å². The van der Waals surface area contributed by atoms with Crippen molar-refractivity contribution < 1.29 is 9.48 Å². The van der Waals surface area contributed by atoms with E-state index in [4.69, 9.17) is 4.84 Å². The molecule has 1 aliphatic heterocycles. The smallest absolute Gasteiger partial charge is 0.117 e. The lowest BCUT2D eigenvalue weighted by atomic mass is 10.2. The van der Waals surface area contributed by atoms with Gasteiger partial charge in [0.05, 0.1) is 0 Å². The number of rotatable bonds is 3. The Morgan fingerprint density at radius 2 is 2.17 bits per heavy atom. The molecule has 0 N–H and O–H groups in total. The van der Waals surface area contributed by atoms with Gasteiger partial charge in [-0.3, -0.25) is 0 Å². The monoisotopic (exact) mass is 172 g/mol. The molecule has 1 saturated heterocycles. The van der Waals surface area contributed by atoms with Crippen LogP contribution in [0, 0.1) is 0 Å². The molecule has 0 spiro atoms. The molecule has 72 valence electrons. The molecule has 1 heterocycles. The van der Waals surface area contributed by atoms with Crippen LogP contribution in [0.4, 0.5) is 0 Å². The van der Waals surface area contributed by atoms with Crippen molar-refractivity contribution in [3.63, 3.8) is 0 Å². The predicted molar refractivity (Wildman–Crippen MR) is 50.6 cm³/mol. The number of hydrogen-bond donors (Lipinski definition) is 0. The fraction of sp³-hybridized carbons (Fsp3) is 1.00. The zero-order valence-corrected chi connectivity index (χ0v) is 8.84. The highest BCUT2D eigenvalue weighted by molar-refractivity contribution is 4.61. The maximum atomic E-state index is 5.90. The Morgan fingerprint density at radius 1 is 1.50 bits per heavy atom. The number of hydrogen-bond acceptors (Lipinski definition) is 1. The molecular weight excluding hydrogens is 150 g/mol. The SMILES string of the molecule is CCO[N+]1(C(C)C)CCCC1C. The van der Waals surface area contributed by atoms with E-state index < -0.39 is 0 Å². The number of nitrogens with zero attached hydrogens (tertiary/aromatic N) is 1. The third-order valence-corrected chi connectivity index (χ3v) is 3.12. The van der Waals surface area contributed by atoms with E-state index in [0.29, 0.717) is 12.1 Å². The summed E-state index contributed by atoms with van der Waals surface area (Å²) >= 11 is 0. The topological polar surface area (TPSA) is 9.23 Å². The highest BCUT2D eigenvalue weighted by Gasteiger charge is 2.43. The summed E-state index contributed by atoms with van der Waals surface area (Å²) in [5, 5.41) is 0. The molecule has 0 bridgehead atoms. The average Bonchev–Trinajstić information content (AvgIpc) is 2.34. The van der Waals surface area contributed by atoms with Gasteiger partial charge in [0, 0.05) is 12.8 Å². The van der Waals surface area contributed by atoms with Gasteiger partial charge < -0.3 is 0 Å². The van der Waals surface area contributed by atoms with Gasteiger partial charge in [0.2, 0.25) is 0 Å². The second-order valence-corrected chi connectivity index (χ2v) is 4.08. The molecule has 2 unspecified atom stereocenters. The summed E-state index contributed by atoms with van der Waals surface area (Å²) < 4.78 is 0.885. The van der Waals surface area contributed by atoms with Gasteiger partial charge in [0.25, 0.3) is 0 Å². The normalized spacial score (nSPS) is 36.2. The van der Waals surface area contributed by atoms with E-state index in [0.717, 1.165) is 11.3 Å². The van der Waals surface area contributed by atoms with Crippen LogP contribution >= 0.6 is 0 Å². The standard InChI is InChI=1S/C10H22NO/c1-5-12-11(9(2)3)8-6-7-10(11)4/h9-10H,5-8H2,1-4H3/q+1. The molecule has 0 aliphatic carbocycles. The van der Waals surface area contributed by atoms with Crippen molar-refractivity contribution in [2.45, 2.75) is 52.6 Å². The van der Waals surface area contributed by atoms with E-state index in [9.17, 15) is 0 Å². The minimum absolute atomic E-state index is 0.599. The molecule has 1 aliphatic rings. The van der Waals surface area contributed by atoms with Crippen LogP contribution in [-0.2, 0) is 4.84 Å². The summed E-state index contributed by atoms with van der Waals surface area (Å²) in [5.41, 5.74) is 0. The lowest BCUT2D eigenvalue weighted by molar-refractivity contribution is -1.13. The lowest BCUT2D eigenvalue weighted by Gasteiger charge is -2.38. The minimum atomic E-state index is 0.599. The van der Waals surface area contributed by atoms with Crippen molar-refractivity contribution in [1.82, 2.24) is 0 Å². The Bertz CT molecular complexity index is 147. The molecule has 2 atom stereocenters. The molecule has 12 heavy (non-hydrogen) atoms. The Labute approximate surface area is 76.1 Å². The Hall–Kier alpha value is -0.0800. The second-order valence-electron chi connectivity index (χ2n) is 4.08. The van der Waals surface area contributed by atoms with Gasteiger partial charge in [-0.2, -0.15) is 4.65 Å². The number of likely N-dealkylation sites (tertiary alicyclic amines) is 1. The molecule has 0 aromatic heterocycles. The van der Waals surface area contributed by atoms with E-state index in [1.165, 1.54) is 19.4 Å². The van der Waals surface area contributed by atoms with Gasteiger partial charge in [-0.1, -0.05) is 0 Å². The van der Waals surface area contributed by atoms with Gasteiger partial charge in [-0.05, 0) is 27.7 Å². The number of hydroxylamine groups is 3. The molecule has 0 aromatic carbocycles. The third-order valence-electron chi connectivity index (χ3n) is 3.12. The van der Waals surface area contributed by atoms with E-state index >= 15 is 0 Å². The van der Waals surface area contributed by atoms with Crippen molar-refractivity contribution in [2.24, 2.45) is 0 Å². The molecule has 2 nitrogen and oxygen atoms in total. The molecule has 0 aromatic rings. The minimum Gasteiger partial charge on any atom is -0.203 e. The largest absolute Gasteiger partial charge is 0.203 e. The van der Waals surface area contributed by atoms with Crippen molar-refractivity contribution in [2.75, 3.05) is 13.2 Å². The van der Waals surface area contributed by atoms with E-state index in [-0.39, 0.29) is 0 Å². The molecule has 0 saturated carbocycles. The maximum absolute atomic E-state index is 5.90. The van der Waals surface area contributed by atoms with Crippen LogP contribution in [0.1, 0.15) is 40.5 Å². The lowest BCUT2D eigenvalue weighted by Crippen LogP contribution is -2.55. The van der Waals surface area contributed by atoms with Gasteiger partial charge in [-0.25, -0.2) is 4.84 Å². The quantitative estimate of drug-likeness (QED) is 0.594. The first-order valence-electron chi connectivity index (χ1n) is 5.15. The molecule has 1 rings (SSSR count). The fourth-order valence-corrected chi connectivity index (χ4v) is 2.42. The Morgan fingerprint density at radius 3 is 2.50 bits per heavy atom.